The summed E-state index contributed by atoms with van der Waals surface area (Å²) >= 11 is 5.76. The number of alkyl halides is 1. The molecule has 1 aliphatic rings. The van der Waals surface area contributed by atoms with Gasteiger partial charge in [0, 0.05) is 25.0 Å². The first-order valence-corrected chi connectivity index (χ1v) is 4.42. The summed E-state index contributed by atoms with van der Waals surface area (Å²) in [7, 11) is 0. The average Bonchev–Trinajstić information content (AvgIpc) is 2.36. The maximum Gasteiger partial charge on any atom is 0.0379 e. The lowest BCUT2D eigenvalue weighted by Crippen LogP contribution is -2.34. The van der Waals surface area contributed by atoms with E-state index in [-0.39, 0.29) is 0 Å². The van der Waals surface area contributed by atoms with Crippen LogP contribution in [0.2, 0.25) is 0 Å². The lowest BCUT2D eigenvalue weighted by Gasteiger charge is -2.20. The molecular formula is C7H15ClN2. The van der Waals surface area contributed by atoms with Gasteiger partial charge in [0.05, 0.1) is 0 Å². The quantitative estimate of drug-likeness (QED) is 0.618. The summed E-state index contributed by atoms with van der Waals surface area (Å²) in [6.45, 7) is 2.96. The van der Waals surface area contributed by atoms with Crippen molar-refractivity contribution in [2.45, 2.75) is 18.9 Å². The average molecular weight is 163 g/mol. The van der Waals surface area contributed by atoms with Gasteiger partial charge in [0.25, 0.3) is 0 Å². The maximum absolute atomic E-state index is 5.76. The standard InChI is InChI=1S/C7H15ClN2/c8-6-7-2-1-4-10(7)5-3-9/h7H,1-6,9H2. The van der Waals surface area contributed by atoms with E-state index in [1.54, 1.807) is 0 Å². The smallest absolute Gasteiger partial charge is 0.0379 e. The SMILES string of the molecule is NCCN1CCCC1CCl. The number of hydrogen-bond acceptors (Lipinski definition) is 2. The zero-order chi connectivity index (χ0) is 7.40. The molecule has 10 heavy (non-hydrogen) atoms. The third-order valence-corrected chi connectivity index (χ3v) is 2.45. The molecule has 0 radical (unpaired) electrons. The van der Waals surface area contributed by atoms with Gasteiger partial charge in [-0.1, -0.05) is 0 Å². The molecule has 0 aliphatic carbocycles. The van der Waals surface area contributed by atoms with Gasteiger partial charge in [-0.15, -0.1) is 11.6 Å². The first kappa shape index (κ1) is 8.31. The third-order valence-electron chi connectivity index (χ3n) is 2.09. The van der Waals surface area contributed by atoms with Crippen LogP contribution in [0.1, 0.15) is 12.8 Å². The van der Waals surface area contributed by atoms with Gasteiger partial charge in [-0.2, -0.15) is 0 Å². The molecule has 2 N–H and O–H groups in total. The first-order valence-electron chi connectivity index (χ1n) is 3.88. The molecule has 1 heterocycles. The van der Waals surface area contributed by atoms with Crippen molar-refractivity contribution in [2.24, 2.45) is 5.73 Å². The van der Waals surface area contributed by atoms with Gasteiger partial charge in [0.15, 0.2) is 0 Å². The number of nitrogens with zero attached hydrogens (tertiary/aromatic N) is 1. The summed E-state index contributed by atoms with van der Waals surface area (Å²) < 4.78 is 0. The number of nitrogens with two attached hydrogens (primary N) is 1. The van der Waals surface area contributed by atoms with Gasteiger partial charge in [-0.25, -0.2) is 0 Å². The van der Waals surface area contributed by atoms with Crippen LogP contribution in [0.5, 0.6) is 0 Å². The molecule has 1 saturated heterocycles. The Hall–Kier alpha value is 0.210. The Bertz CT molecular complexity index is 97.6. The fraction of sp³-hybridized carbons (Fsp3) is 1.00. The van der Waals surface area contributed by atoms with Crippen LogP contribution < -0.4 is 5.73 Å². The predicted octanol–water partition coefficient (Wildman–Crippen LogP) is 0.648. The molecule has 2 nitrogen and oxygen atoms in total. The molecular weight excluding hydrogens is 148 g/mol. The molecule has 60 valence electrons. The lowest BCUT2D eigenvalue weighted by molar-refractivity contribution is 0.279. The van der Waals surface area contributed by atoms with E-state index in [1.807, 2.05) is 0 Å². The Balaban J connectivity index is 2.27. The van der Waals surface area contributed by atoms with Gasteiger partial charge in [-0.3, -0.25) is 4.90 Å². The molecule has 1 atom stereocenters. The second-order valence-corrected chi connectivity index (χ2v) is 3.08. The fourth-order valence-electron chi connectivity index (χ4n) is 1.53. The van der Waals surface area contributed by atoms with E-state index in [4.69, 9.17) is 17.3 Å². The summed E-state index contributed by atoms with van der Waals surface area (Å²) in [5.74, 6) is 0.764. The van der Waals surface area contributed by atoms with E-state index < -0.39 is 0 Å². The van der Waals surface area contributed by atoms with E-state index in [2.05, 4.69) is 4.90 Å². The summed E-state index contributed by atoms with van der Waals surface area (Å²) in [6.07, 6.45) is 2.54. The molecule has 0 spiro atoms. The summed E-state index contributed by atoms with van der Waals surface area (Å²) in [6, 6.07) is 0.602. The number of hydrogen-bond donors (Lipinski definition) is 1. The number of halogens is 1. The fourth-order valence-corrected chi connectivity index (χ4v) is 1.88. The van der Waals surface area contributed by atoms with Crippen LogP contribution in [0.15, 0.2) is 0 Å². The summed E-state index contributed by atoms with van der Waals surface area (Å²) in [5.41, 5.74) is 5.44. The number of likely N-dealkylation sites (tertiary alicyclic amines) is 1. The third kappa shape index (κ3) is 1.84. The molecule has 0 amide bonds. The van der Waals surface area contributed by atoms with E-state index in [9.17, 15) is 0 Å². The Morgan fingerprint density at radius 3 is 3.00 bits per heavy atom. The van der Waals surface area contributed by atoms with Crippen molar-refractivity contribution < 1.29 is 0 Å². The van der Waals surface area contributed by atoms with Crippen LogP contribution in [0.3, 0.4) is 0 Å². The van der Waals surface area contributed by atoms with Crippen molar-refractivity contribution in [1.82, 2.24) is 4.90 Å². The minimum absolute atomic E-state index is 0.602. The van der Waals surface area contributed by atoms with Crippen molar-refractivity contribution in [2.75, 3.05) is 25.5 Å². The molecule has 0 aromatic heterocycles. The van der Waals surface area contributed by atoms with Crippen molar-refractivity contribution in [3.8, 4) is 0 Å². The van der Waals surface area contributed by atoms with E-state index in [1.165, 1.54) is 19.4 Å². The molecule has 1 rings (SSSR count). The summed E-state index contributed by atoms with van der Waals surface area (Å²) in [4.78, 5) is 2.38. The van der Waals surface area contributed by atoms with Crippen molar-refractivity contribution in [1.29, 1.82) is 0 Å². The van der Waals surface area contributed by atoms with Crippen LogP contribution in [-0.4, -0.2) is 36.5 Å². The number of rotatable bonds is 3. The molecule has 1 unspecified atom stereocenters. The van der Waals surface area contributed by atoms with Gasteiger partial charge >= 0.3 is 0 Å². The van der Waals surface area contributed by atoms with E-state index in [0.717, 1.165) is 19.0 Å². The van der Waals surface area contributed by atoms with Crippen LogP contribution >= 0.6 is 11.6 Å². The van der Waals surface area contributed by atoms with Crippen molar-refractivity contribution >= 4 is 11.6 Å². The van der Waals surface area contributed by atoms with Crippen LogP contribution in [0.4, 0.5) is 0 Å². The van der Waals surface area contributed by atoms with E-state index in [0.29, 0.717) is 6.04 Å². The monoisotopic (exact) mass is 162 g/mol. The van der Waals surface area contributed by atoms with Gasteiger partial charge in [0.2, 0.25) is 0 Å². The largest absolute Gasteiger partial charge is 0.329 e. The molecule has 3 heteroatoms. The second-order valence-electron chi connectivity index (χ2n) is 2.77. The molecule has 1 fully saturated rings. The zero-order valence-electron chi connectivity index (χ0n) is 6.22. The predicted molar refractivity (Wildman–Crippen MR) is 44.4 cm³/mol. The Kier molecular flexibility index (Phi) is 3.46. The van der Waals surface area contributed by atoms with Crippen molar-refractivity contribution in [3.05, 3.63) is 0 Å². The maximum atomic E-state index is 5.76. The highest BCUT2D eigenvalue weighted by Gasteiger charge is 2.21. The highest BCUT2D eigenvalue weighted by Crippen LogP contribution is 2.16. The molecule has 0 bridgehead atoms. The second kappa shape index (κ2) is 4.16. The van der Waals surface area contributed by atoms with Gasteiger partial charge < -0.3 is 5.73 Å². The normalized spacial score (nSPS) is 27.6. The van der Waals surface area contributed by atoms with Gasteiger partial charge in [-0.05, 0) is 19.4 Å². The Morgan fingerprint density at radius 1 is 1.60 bits per heavy atom. The van der Waals surface area contributed by atoms with Crippen LogP contribution in [0, 0.1) is 0 Å². The Labute approximate surface area is 67.3 Å². The van der Waals surface area contributed by atoms with Crippen molar-refractivity contribution in [3.63, 3.8) is 0 Å². The Morgan fingerprint density at radius 2 is 2.40 bits per heavy atom. The first-order chi connectivity index (χ1) is 4.88. The van der Waals surface area contributed by atoms with E-state index >= 15 is 0 Å². The van der Waals surface area contributed by atoms with Crippen LogP contribution in [0.25, 0.3) is 0 Å². The van der Waals surface area contributed by atoms with Crippen LogP contribution in [-0.2, 0) is 0 Å². The summed E-state index contributed by atoms with van der Waals surface area (Å²) in [5, 5.41) is 0. The molecule has 0 saturated carbocycles. The molecule has 1 aliphatic heterocycles. The molecule has 0 aromatic rings. The highest BCUT2D eigenvalue weighted by atomic mass is 35.5. The zero-order valence-corrected chi connectivity index (χ0v) is 6.98. The highest BCUT2D eigenvalue weighted by molar-refractivity contribution is 6.18. The minimum atomic E-state index is 0.602. The molecule has 0 aromatic carbocycles. The minimum Gasteiger partial charge on any atom is -0.329 e. The lowest BCUT2D eigenvalue weighted by atomic mass is 10.2. The van der Waals surface area contributed by atoms with Gasteiger partial charge in [0.1, 0.15) is 0 Å². The topological polar surface area (TPSA) is 29.3 Å².